The van der Waals surface area contributed by atoms with Gasteiger partial charge in [-0.25, -0.2) is 0 Å². The van der Waals surface area contributed by atoms with Crippen molar-refractivity contribution in [1.29, 1.82) is 0 Å². The summed E-state index contributed by atoms with van der Waals surface area (Å²) in [5, 5.41) is 11.2. The number of halogens is 1. The van der Waals surface area contributed by atoms with Gasteiger partial charge in [0, 0.05) is 55.2 Å². The second-order valence-corrected chi connectivity index (χ2v) is 13.7. The SMILES string of the molecule is CCC(CC)NC(=O)c1nnc(S(=O)(=O)Nc2ccc(N3CCN(Cc4ccccc4-c4ccc(Cl)cc4)CC3)cc2)s1. The van der Waals surface area contributed by atoms with Gasteiger partial charge in [0.05, 0.1) is 0 Å². The van der Waals surface area contributed by atoms with E-state index in [0.29, 0.717) is 5.69 Å². The zero-order valence-corrected chi connectivity index (χ0v) is 26.6. The first-order valence-corrected chi connectivity index (χ1v) is 17.0. The number of aromatic nitrogens is 2. The first-order chi connectivity index (χ1) is 20.8. The van der Waals surface area contributed by atoms with Gasteiger partial charge < -0.3 is 10.2 Å². The lowest BCUT2D eigenvalue weighted by atomic mass is 9.99. The highest BCUT2D eigenvalue weighted by molar-refractivity contribution is 7.94. The summed E-state index contributed by atoms with van der Waals surface area (Å²) in [6.07, 6.45) is 1.55. The summed E-state index contributed by atoms with van der Waals surface area (Å²) in [6, 6.07) is 23.8. The zero-order valence-electron chi connectivity index (χ0n) is 24.2. The Morgan fingerprint density at radius 1 is 0.930 bits per heavy atom. The molecule has 1 aliphatic rings. The van der Waals surface area contributed by atoms with Crippen molar-refractivity contribution in [2.24, 2.45) is 0 Å². The van der Waals surface area contributed by atoms with Crippen LogP contribution in [0, 0.1) is 0 Å². The van der Waals surface area contributed by atoms with Crippen LogP contribution in [0.1, 0.15) is 42.1 Å². The highest BCUT2D eigenvalue weighted by Crippen LogP contribution is 2.28. The van der Waals surface area contributed by atoms with Gasteiger partial charge in [-0.15, -0.1) is 10.2 Å². The topological polar surface area (TPSA) is 108 Å². The van der Waals surface area contributed by atoms with Crippen LogP contribution in [0.3, 0.4) is 0 Å². The third kappa shape index (κ3) is 7.72. The molecule has 226 valence electrons. The lowest BCUT2D eigenvalue weighted by Crippen LogP contribution is -2.46. The van der Waals surface area contributed by atoms with Crippen molar-refractivity contribution >= 4 is 50.2 Å². The summed E-state index contributed by atoms with van der Waals surface area (Å²) >= 11 is 6.85. The summed E-state index contributed by atoms with van der Waals surface area (Å²) < 4.78 is 28.1. The van der Waals surface area contributed by atoms with Crippen LogP contribution < -0.4 is 14.9 Å². The van der Waals surface area contributed by atoms with Crippen LogP contribution in [-0.4, -0.2) is 61.6 Å². The van der Waals surface area contributed by atoms with Gasteiger partial charge in [-0.3, -0.25) is 14.4 Å². The minimum atomic E-state index is -3.98. The highest BCUT2D eigenvalue weighted by atomic mass is 35.5. The Morgan fingerprint density at radius 2 is 1.60 bits per heavy atom. The van der Waals surface area contributed by atoms with Crippen molar-refractivity contribution in [3.63, 3.8) is 0 Å². The van der Waals surface area contributed by atoms with E-state index in [2.05, 4.69) is 66.4 Å². The Hall–Kier alpha value is -3.51. The molecule has 12 heteroatoms. The second kappa shape index (κ2) is 13.9. The minimum Gasteiger partial charge on any atom is -0.369 e. The van der Waals surface area contributed by atoms with E-state index in [0.717, 1.165) is 73.2 Å². The lowest BCUT2D eigenvalue weighted by Gasteiger charge is -2.36. The van der Waals surface area contributed by atoms with Gasteiger partial charge >= 0.3 is 0 Å². The molecule has 1 aliphatic heterocycles. The van der Waals surface area contributed by atoms with Crippen LogP contribution in [0.4, 0.5) is 11.4 Å². The molecule has 0 spiro atoms. The molecule has 5 rings (SSSR count). The quantitative estimate of drug-likeness (QED) is 0.211. The molecule has 9 nitrogen and oxygen atoms in total. The van der Waals surface area contributed by atoms with Gasteiger partial charge in [0.2, 0.25) is 5.01 Å². The van der Waals surface area contributed by atoms with E-state index in [1.165, 1.54) is 11.1 Å². The van der Waals surface area contributed by atoms with Crippen LogP contribution >= 0.6 is 22.9 Å². The third-order valence-corrected chi connectivity index (χ3v) is 10.5. The number of piperazine rings is 1. The van der Waals surface area contributed by atoms with Gasteiger partial charge in [-0.2, -0.15) is 8.42 Å². The first-order valence-electron chi connectivity index (χ1n) is 14.3. The summed E-state index contributed by atoms with van der Waals surface area (Å²) in [5.41, 5.74) is 5.10. The van der Waals surface area contributed by atoms with E-state index >= 15 is 0 Å². The van der Waals surface area contributed by atoms with Gasteiger partial charge in [-0.1, -0.05) is 73.2 Å². The van der Waals surface area contributed by atoms with Crippen molar-refractivity contribution in [2.75, 3.05) is 35.8 Å². The molecule has 0 atom stereocenters. The molecule has 4 aromatic rings. The fourth-order valence-corrected chi connectivity index (χ4v) is 7.15. The molecule has 1 aromatic heterocycles. The lowest BCUT2D eigenvalue weighted by molar-refractivity contribution is 0.0933. The van der Waals surface area contributed by atoms with Gasteiger partial charge in [0.15, 0.2) is 0 Å². The van der Waals surface area contributed by atoms with Crippen molar-refractivity contribution in [2.45, 2.75) is 43.6 Å². The summed E-state index contributed by atoms with van der Waals surface area (Å²) in [7, 11) is -3.98. The fourth-order valence-electron chi connectivity index (χ4n) is 5.06. The number of nitrogens with zero attached hydrogens (tertiary/aromatic N) is 4. The number of nitrogens with one attached hydrogen (secondary N) is 2. The zero-order chi connectivity index (χ0) is 30.4. The van der Waals surface area contributed by atoms with E-state index in [1.807, 2.05) is 38.1 Å². The molecular weight excluding hydrogens is 604 g/mol. The second-order valence-electron chi connectivity index (χ2n) is 10.4. The molecule has 43 heavy (non-hydrogen) atoms. The van der Waals surface area contributed by atoms with E-state index < -0.39 is 15.9 Å². The Morgan fingerprint density at radius 3 is 2.28 bits per heavy atom. The number of sulfonamides is 1. The smallest absolute Gasteiger partial charge is 0.291 e. The minimum absolute atomic E-state index is 0.00732. The van der Waals surface area contributed by atoms with Crippen LogP contribution in [-0.2, 0) is 16.6 Å². The van der Waals surface area contributed by atoms with Gasteiger partial charge in [0.25, 0.3) is 20.3 Å². The molecule has 0 radical (unpaired) electrons. The van der Waals surface area contributed by atoms with Crippen molar-refractivity contribution in [3.8, 4) is 11.1 Å². The molecule has 0 unspecified atom stereocenters. The molecule has 0 aliphatic carbocycles. The highest BCUT2D eigenvalue weighted by Gasteiger charge is 2.24. The number of carbonyl (C=O) groups excluding carboxylic acids is 1. The first kappa shape index (κ1) is 30.9. The van der Waals surface area contributed by atoms with Gasteiger partial charge in [0.1, 0.15) is 0 Å². The van der Waals surface area contributed by atoms with E-state index in [9.17, 15) is 13.2 Å². The predicted octanol–water partition coefficient (Wildman–Crippen LogP) is 5.90. The monoisotopic (exact) mass is 638 g/mol. The number of hydrogen-bond donors (Lipinski definition) is 2. The molecule has 3 aromatic carbocycles. The maximum absolute atomic E-state index is 12.9. The predicted molar refractivity (Wildman–Crippen MR) is 173 cm³/mol. The van der Waals surface area contributed by atoms with Crippen LogP contribution in [0.2, 0.25) is 5.02 Å². The molecule has 1 amide bonds. The number of hydrogen-bond acceptors (Lipinski definition) is 8. The Kier molecular flexibility index (Phi) is 9.97. The molecule has 1 saturated heterocycles. The Balaban J connectivity index is 1.16. The van der Waals surface area contributed by atoms with E-state index in [1.54, 1.807) is 12.1 Å². The normalized spacial score (nSPS) is 14.2. The average molecular weight is 639 g/mol. The molecule has 1 fully saturated rings. The van der Waals surface area contributed by atoms with Crippen molar-refractivity contribution in [3.05, 3.63) is 88.4 Å². The number of carbonyl (C=O) groups is 1. The maximum Gasteiger partial charge on any atom is 0.291 e. The molecule has 0 saturated carbocycles. The van der Waals surface area contributed by atoms with E-state index in [-0.39, 0.29) is 15.4 Å². The van der Waals surface area contributed by atoms with Gasteiger partial charge in [-0.05, 0) is 65.9 Å². The maximum atomic E-state index is 12.9. The molecule has 2 heterocycles. The van der Waals surface area contributed by atoms with Crippen molar-refractivity contribution < 1.29 is 13.2 Å². The fraction of sp³-hybridized carbons (Fsp3) is 0.323. The van der Waals surface area contributed by atoms with Crippen LogP contribution in [0.5, 0.6) is 0 Å². The van der Waals surface area contributed by atoms with Crippen LogP contribution in [0.25, 0.3) is 11.1 Å². The molecular formula is C31H35ClN6O3S2. The summed E-state index contributed by atoms with van der Waals surface area (Å²) in [4.78, 5) is 17.2. The summed E-state index contributed by atoms with van der Waals surface area (Å²) in [6.45, 7) is 8.36. The van der Waals surface area contributed by atoms with Crippen LogP contribution in [0.15, 0.2) is 77.1 Å². The number of benzene rings is 3. The molecule has 0 bridgehead atoms. The van der Waals surface area contributed by atoms with E-state index in [4.69, 9.17) is 11.6 Å². The largest absolute Gasteiger partial charge is 0.369 e. The Labute approximate surface area is 262 Å². The molecule has 2 N–H and O–H groups in total. The summed E-state index contributed by atoms with van der Waals surface area (Å²) in [5.74, 6) is -0.414. The average Bonchev–Trinajstić information content (AvgIpc) is 3.53. The van der Waals surface area contributed by atoms with Crippen molar-refractivity contribution in [1.82, 2.24) is 20.4 Å². The standard InChI is InChI=1S/C31H35ClN6O3S2/c1-3-25(4-2)33-29(39)30-34-35-31(42-30)43(40,41)36-26-13-15-27(16-14-26)38-19-17-37(18-20-38)21-23-7-5-6-8-28(23)22-9-11-24(32)12-10-22/h5-16,25,36H,3-4,17-21H2,1-2H3,(H,33,39). The number of amides is 1. The number of anilines is 2. The number of rotatable bonds is 11. The Bertz CT molecular complexity index is 1630. The third-order valence-electron chi connectivity index (χ3n) is 7.57.